The van der Waals surface area contributed by atoms with E-state index in [0.29, 0.717) is 14.2 Å². The lowest BCUT2D eigenvalue weighted by Crippen LogP contribution is -2.17. The van der Waals surface area contributed by atoms with Gasteiger partial charge in [-0.3, -0.25) is 14.9 Å². The molecule has 0 saturated carbocycles. The zero-order chi connectivity index (χ0) is 13.7. The highest BCUT2D eigenvalue weighted by Gasteiger charge is 2.25. The van der Waals surface area contributed by atoms with Gasteiger partial charge in [0.1, 0.15) is 4.34 Å². The fourth-order valence-electron chi connectivity index (χ4n) is 1.42. The molecule has 100 valence electrons. The Balaban J connectivity index is 2.83. The van der Waals surface area contributed by atoms with Crippen molar-refractivity contribution < 1.29 is 14.5 Å². The molecule has 1 unspecified atom stereocenters. The van der Waals surface area contributed by atoms with Crippen LogP contribution in [0, 0.1) is 10.1 Å². The molecule has 0 aromatic carbocycles. The van der Waals surface area contributed by atoms with Crippen LogP contribution in [0.2, 0.25) is 9.36 Å². The molecule has 5 nitrogen and oxygen atoms in total. The zero-order valence-electron chi connectivity index (χ0n) is 9.52. The number of rotatable bonds is 6. The van der Waals surface area contributed by atoms with Gasteiger partial charge in [0.2, 0.25) is 6.54 Å². The van der Waals surface area contributed by atoms with Crippen LogP contribution in [-0.2, 0) is 9.53 Å². The van der Waals surface area contributed by atoms with Crippen molar-refractivity contribution in [2.24, 2.45) is 0 Å². The first-order valence-corrected chi connectivity index (χ1v) is 6.73. The van der Waals surface area contributed by atoms with Crippen molar-refractivity contribution in [2.75, 3.05) is 13.2 Å². The Morgan fingerprint density at radius 3 is 2.72 bits per heavy atom. The van der Waals surface area contributed by atoms with E-state index in [2.05, 4.69) is 0 Å². The molecular formula is C10H11Cl2NO4S. The number of hydrogen-bond acceptors (Lipinski definition) is 5. The monoisotopic (exact) mass is 311 g/mol. The first-order chi connectivity index (χ1) is 8.43. The Morgan fingerprint density at radius 1 is 1.61 bits per heavy atom. The van der Waals surface area contributed by atoms with E-state index in [1.807, 2.05) is 0 Å². The highest BCUT2D eigenvalue weighted by molar-refractivity contribution is 7.17. The van der Waals surface area contributed by atoms with Crippen LogP contribution in [0.3, 0.4) is 0 Å². The van der Waals surface area contributed by atoms with E-state index >= 15 is 0 Å². The van der Waals surface area contributed by atoms with E-state index in [1.54, 1.807) is 13.0 Å². The van der Waals surface area contributed by atoms with E-state index < -0.39 is 16.8 Å². The third-order valence-electron chi connectivity index (χ3n) is 2.15. The summed E-state index contributed by atoms with van der Waals surface area (Å²) < 4.78 is 5.15. The highest BCUT2D eigenvalue weighted by Crippen LogP contribution is 2.37. The molecule has 8 heteroatoms. The SMILES string of the molecule is CCOC(=O)CC(C[N+](=O)[O-])c1cc(Cl)c(Cl)s1. The highest BCUT2D eigenvalue weighted by atomic mass is 35.5. The van der Waals surface area contributed by atoms with E-state index in [1.165, 1.54) is 0 Å². The number of nitrogens with zero attached hydrogens (tertiary/aromatic N) is 1. The van der Waals surface area contributed by atoms with Gasteiger partial charge in [-0.05, 0) is 13.0 Å². The lowest BCUT2D eigenvalue weighted by Gasteiger charge is -2.09. The predicted molar refractivity (Wildman–Crippen MR) is 70.2 cm³/mol. The number of carbonyl (C=O) groups excluding carboxylic acids is 1. The van der Waals surface area contributed by atoms with Gasteiger partial charge in [0.25, 0.3) is 0 Å². The summed E-state index contributed by atoms with van der Waals surface area (Å²) in [6, 6.07) is 1.56. The van der Waals surface area contributed by atoms with Crippen molar-refractivity contribution >= 4 is 40.5 Å². The minimum atomic E-state index is -0.561. The van der Waals surface area contributed by atoms with Crippen molar-refractivity contribution in [2.45, 2.75) is 19.3 Å². The topological polar surface area (TPSA) is 69.4 Å². The van der Waals surface area contributed by atoms with Gasteiger partial charge in [0.05, 0.1) is 24.0 Å². The van der Waals surface area contributed by atoms with Gasteiger partial charge < -0.3 is 4.74 Å². The Morgan fingerprint density at radius 2 is 2.28 bits per heavy atom. The summed E-state index contributed by atoms with van der Waals surface area (Å²) in [6.45, 7) is 1.57. The number of ether oxygens (including phenoxy) is 1. The number of halogens is 2. The molecule has 0 N–H and O–H groups in total. The fourth-order valence-corrected chi connectivity index (χ4v) is 2.91. The van der Waals surface area contributed by atoms with Gasteiger partial charge in [-0.1, -0.05) is 23.2 Å². The summed E-state index contributed by atoms with van der Waals surface area (Å²) in [5, 5.41) is 10.9. The Hall–Kier alpha value is -0.850. The molecule has 1 rings (SSSR count). The normalized spacial score (nSPS) is 12.2. The van der Waals surface area contributed by atoms with Gasteiger partial charge in [-0.15, -0.1) is 11.3 Å². The second-order valence-electron chi connectivity index (χ2n) is 3.49. The first kappa shape index (κ1) is 15.2. The molecule has 0 aliphatic carbocycles. The molecule has 0 spiro atoms. The van der Waals surface area contributed by atoms with E-state index in [4.69, 9.17) is 27.9 Å². The van der Waals surface area contributed by atoms with Gasteiger partial charge >= 0.3 is 5.97 Å². The van der Waals surface area contributed by atoms with Crippen LogP contribution < -0.4 is 0 Å². The van der Waals surface area contributed by atoms with Crippen LogP contribution in [0.5, 0.6) is 0 Å². The quantitative estimate of drug-likeness (QED) is 0.459. The predicted octanol–water partition coefficient (Wildman–Crippen LogP) is 3.37. The largest absolute Gasteiger partial charge is 0.466 e. The summed E-state index contributed by atoms with van der Waals surface area (Å²) in [6.07, 6.45) is -0.0536. The Bertz CT molecular complexity index is 430. The summed E-state index contributed by atoms with van der Waals surface area (Å²) >= 11 is 12.8. The Labute approximate surface area is 118 Å². The van der Waals surface area contributed by atoms with Crippen LogP contribution >= 0.6 is 34.5 Å². The molecule has 0 saturated heterocycles. The van der Waals surface area contributed by atoms with Crippen LogP contribution in [0.15, 0.2) is 6.07 Å². The molecule has 0 amide bonds. The smallest absolute Gasteiger partial charge is 0.306 e. The van der Waals surface area contributed by atoms with Crippen molar-refractivity contribution in [1.82, 2.24) is 0 Å². The molecule has 0 aliphatic rings. The zero-order valence-corrected chi connectivity index (χ0v) is 11.8. The van der Waals surface area contributed by atoms with Gasteiger partial charge in [0.15, 0.2) is 0 Å². The van der Waals surface area contributed by atoms with Gasteiger partial charge in [-0.25, -0.2) is 0 Å². The maximum Gasteiger partial charge on any atom is 0.306 e. The van der Waals surface area contributed by atoms with E-state index in [9.17, 15) is 14.9 Å². The average Bonchev–Trinajstić information content (AvgIpc) is 2.58. The van der Waals surface area contributed by atoms with E-state index in [-0.39, 0.29) is 19.6 Å². The van der Waals surface area contributed by atoms with Crippen LogP contribution in [0.1, 0.15) is 24.1 Å². The number of hydrogen-bond donors (Lipinski definition) is 0. The third-order valence-corrected chi connectivity index (χ3v) is 4.18. The lowest BCUT2D eigenvalue weighted by molar-refractivity contribution is -0.483. The van der Waals surface area contributed by atoms with Crippen LogP contribution in [0.4, 0.5) is 0 Å². The first-order valence-electron chi connectivity index (χ1n) is 5.16. The molecular weight excluding hydrogens is 301 g/mol. The van der Waals surface area contributed by atoms with Crippen LogP contribution in [-0.4, -0.2) is 24.0 Å². The molecule has 0 fully saturated rings. The maximum atomic E-state index is 11.4. The third kappa shape index (κ3) is 4.44. The number of carbonyl (C=O) groups is 1. The molecule has 1 aromatic rings. The molecule has 0 aliphatic heterocycles. The maximum absolute atomic E-state index is 11.4. The minimum absolute atomic E-state index is 0.0536. The second kappa shape index (κ2) is 6.92. The summed E-state index contributed by atoms with van der Waals surface area (Å²) in [4.78, 5) is 22.2. The van der Waals surface area contributed by atoms with Crippen molar-refractivity contribution in [1.29, 1.82) is 0 Å². The average molecular weight is 312 g/mol. The lowest BCUT2D eigenvalue weighted by atomic mass is 10.0. The van der Waals surface area contributed by atoms with Crippen molar-refractivity contribution in [3.05, 3.63) is 30.4 Å². The number of thiophene rings is 1. The molecule has 1 aromatic heterocycles. The minimum Gasteiger partial charge on any atom is -0.466 e. The van der Waals surface area contributed by atoms with Crippen molar-refractivity contribution in [3.63, 3.8) is 0 Å². The summed E-state index contributed by atoms with van der Waals surface area (Å²) in [5.74, 6) is -1.03. The molecule has 1 heterocycles. The Kier molecular flexibility index (Phi) is 5.84. The number of nitro groups is 1. The van der Waals surface area contributed by atoms with E-state index in [0.717, 1.165) is 11.3 Å². The summed E-state index contributed by atoms with van der Waals surface area (Å²) in [7, 11) is 0. The standard InChI is InChI=1S/C10H11Cl2NO4S/c1-2-17-9(14)3-6(5-13(15)16)8-4-7(11)10(12)18-8/h4,6H,2-3,5H2,1H3. The van der Waals surface area contributed by atoms with Crippen LogP contribution in [0.25, 0.3) is 0 Å². The summed E-state index contributed by atoms with van der Waals surface area (Å²) in [5.41, 5.74) is 0. The van der Waals surface area contributed by atoms with Gasteiger partial charge in [0, 0.05) is 9.80 Å². The fraction of sp³-hybridized carbons (Fsp3) is 0.500. The molecule has 0 radical (unpaired) electrons. The number of esters is 1. The second-order valence-corrected chi connectivity index (χ2v) is 5.58. The molecule has 18 heavy (non-hydrogen) atoms. The molecule has 1 atom stereocenters. The van der Waals surface area contributed by atoms with Crippen molar-refractivity contribution in [3.8, 4) is 0 Å². The molecule has 0 bridgehead atoms. The van der Waals surface area contributed by atoms with Gasteiger partial charge in [-0.2, -0.15) is 0 Å².